The van der Waals surface area contributed by atoms with Crippen LogP contribution in [-0.4, -0.2) is 24.8 Å². The molecule has 3 atom stereocenters. The Morgan fingerprint density at radius 1 is 1.57 bits per heavy atom. The molecule has 3 unspecified atom stereocenters. The topological polar surface area (TPSA) is 21.3 Å². The summed E-state index contributed by atoms with van der Waals surface area (Å²) in [5.74, 6) is 2.73. The fourth-order valence-corrected chi connectivity index (χ4v) is 1.92. The number of terminal acetylenes is 1. The molecule has 0 spiro atoms. The molecule has 2 nitrogen and oxygen atoms in total. The highest BCUT2D eigenvalue weighted by Crippen LogP contribution is 2.22. The van der Waals surface area contributed by atoms with E-state index in [1.54, 1.807) is 0 Å². The summed E-state index contributed by atoms with van der Waals surface area (Å²) in [4.78, 5) is 0. The normalized spacial score (nSPS) is 28.6. The molecule has 1 heterocycles. The van der Waals surface area contributed by atoms with Crippen LogP contribution in [0, 0.1) is 12.3 Å². The van der Waals surface area contributed by atoms with Gasteiger partial charge in [-0.15, -0.1) is 12.3 Å². The molecule has 0 bridgehead atoms. The molecule has 1 aliphatic rings. The second-order valence-corrected chi connectivity index (χ2v) is 4.03. The van der Waals surface area contributed by atoms with Crippen LogP contribution in [0.5, 0.6) is 0 Å². The van der Waals surface area contributed by atoms with E-state index in [0.29, 0.717) is 18.2 Å². The standard InChI is InChI=1S/C12H21NO/c1-4-6-11(13-9-5-2)12-8-7-10(3)14-12/h1,10-13H,5-9H2,2-3H3. The minimum Gasteiger partial charge on any atom is -0.374 e. The molecule has 0 aliphatic carbocycles. The van der Waals surface area contributed by atoms with Crippen LogP contribution in [0.1, 0.15) is 39.5 Å². The quantitative estimate of drug-likeness (QED) is 0.677. The lowest BCUT2D eigenvalue weighted by molar-refractivity contribution is 0.0331. The van der Waals surface area contributed by atoms with Crippen molar-refractivity contribution >= 4 is 0 Å². The lowest BCUT2D eigenvalue weighted by Gasteiger charge is -2.22. The monoisotopic (exact) mass is 195 g/mol. The maximum absolute atomic E-state index is 5.81. The fourth-order valence-electron chi connectivity index (χ4n) is 1.92. The second kappa shape index (κ2) is 6.06. The average molecular weight is 195 g/mol. The van der Waals surface area contributed by atoms with Crippen molar-refractivity contribution in [1.29, 1.82) is 0 Å². The Morgan fingerprint density at radius 2 is 2.36 bits per heavy atom. The highest BCUT2D eigenvalue weighted by molar-refractivity contribution is 4.94. The molecule has 2 heteroatoms. The van der Waals surface area contributed by atoms with Crippen LogP contribution < -0.4 is 5.32 Å². The Hall–Kier alpha value is -0.520. The third-order valence-electron chi connectivity index (χ3n) is 2.71. The third-order valence-corrected chi connectivity index (χ3v) is 2.71. The minimum absolute atomic E-state index is 0.326. The molecule has 14 heavy (non-hydrogen) atoms. The molecule has 1 N–H and O–H groups in total. The Bertz CT molecular complexity index is 197. The lowest BCUT2D eigenvalue weighted by atomic mass is 10.0. The molecular weight excluding hydrogens is 174 g/mol. The summed E-state index contributed by atoms with van der Waals surface area (Å²) in [6, 6.07) is 0.352. The number of ether oxygens (including phenoxy) is 1. The summed E-state index contributed by atoms with van der Waals surface area (Å²) >= 11 is 0. The Morgan fingerprint density at radius 3 is 2.86 bits per heavy atom. The third kappa shape index (κ3) is 3.32. The first-order chi connectivity index (χ1) is 6.77. The van der Waals surface area contributed by atoms with E-state index in [1.807, 2.05) is 0 Å². The van der Waals surface area contributed by atoms with Gasteiger partial charge < -0.3 is 10.1 Å². The van der Waals surface area contributed by atoms with Gasteiger partial charge in [-0.1, -0.05) is 6.92 Å². The minimum atomic E-state index is 0.326. The molecule has 80 valence electrons. The molecule has 0 aromatic carbocycles. The lowest BCUT2D eigenvalue weighted by Crippen LogP contribution is -2.40. The van der Waals surface area contributed by atoms with Crippen molar-refractivity contribution in [2.24, 2.45) is 0 Å². The van der Waals surface area contributed by atoms with Gasteiger partial charge in [-0.2, -0.15) is 0 Å². The van der Waals surface area contributed by atoms with E-state index in [1.165, 1.54) is 6.42 Å². The molecule has 1 rings (SSSR count). The Kier molecular flexibility index (Phi) is 5.00. The van der Waals surface area contributed by atoms with E-state index >= 15 is 0 Å². The molecule has 0 amide bonds. The molecule has 0 radical (unpaired) electrons. The summed E-state index contributed by atoms with van der Waals surface area (Å²) < 4.78 is 5.81. The van der Waals surface area contributed by atoms with Gasteiger partial charge in [-0.25, -0.2) is 0 Å². The smallest absolute Gasteiger partial charge is 0.0741 e. The van der Waals surface area contributed by atoms with Crippen molar-refractivity contribution in [3.63, 3.8) is 0 Å². The van der Waals surface area contributed by atoms with Gasteiger partial charge in [0.15, 0.2) is 0 Å². The van der Waals surface area contributed by atoms with Gasteiger partial charge in [0.1, 0.15) is 0 Å². The van der Waals surface area contributed by atoms with Crippen molar-refractivity contribution in [1.82, 2.24) is 5.32 Å². The average Bonchev–Trinajstić information content (AvgIpc) is 2.59. The van der Waals surface area contributed by atoms with E-state index < -0.39 is 0 Å². The first-order valence-corrected chi connectivity index (χ1v) is 5.60. The van der Waals surface area contributed by atoms with Crippen molar-refractivity contribution in [3.8, 4) is 12.3 Å². The van der Waals surface area contributed by atoms with Crippen LogP contribution >= 0.6 is 0 Å². The van der Waals surface area contributed by atoms with Crippen molar-refractivity contribution < 1.29 is 4.74 Å². The van der Waals surface area contributed by atoms with E-state index in [2.05, 4.69) is 25.1 Å². The molecule has 0 saturated carbocycles. The maximum atomic E-state index is 5.81. The first-order valence-electron chi connectivity index (χ1n) is 5.60. The summed E-state index contributed by atoms with van der Waals surface area (Å²) in [6.45, 7) is 5.32. The zero-order valence-electron chi connectivity index (χ0n) is 9.25. The zero-order chi connectivity index (χ0) is 10.4. The first kappa shape index (κ1) is 11.6. The van der Waals surface area contributed by atoms with Crippen LogP contribution in [0.25, 0.3) is 0 Å². The SMILES string of the molecule is C#CCC(NCCC)C1CCC(C)O1. The van der Waals surface area contributed by atoms with E-state index in [9.17, 15) is 0 Å². The predicted molar refractivity (Wildman–Crippen MR) is 59.1 cm³/mol. The molecule has 1 aliphatic heterocycles. The van der Waals surface area contributed by atoms with Gasteiger partial charge in [0, 0.05) is 12.5 Å². The van der Waals surface area contributed by atoms with Crippen LogP contribution in [-0.2, 0) is 4.74 Å². The van der Waals surface area contributed by atoms with Crippen LogP contribution in [0.15, 0.2) is 0 Å². The van der Waals surface area contributed by atoms with Crippen molar-refractivity contribution in [3.05, 3.63) is 0 Å². The maximum Gasteiger partial charge on any atom is 0.0741 e. The van der Waals surface area contributed by atoms with Gasteiger partial charge in [-0.3, -0.25) is 0 Å². The number of hydrogen-bond acceptors (Lipinski definition) is 2. The predicted octanol–water partition coefficient (Wildman–Crippen LogP) is 1.95. The van der Waals surface area contributed by atoms with Crippen LogP contribution in [0.3, 0.4) is 0 Å². The van der Waals surface area contributed by atoms with E-state index in [4.69, 9.17) is 11.2 Å². The zero-order valence-corrected chi connectivity index (χ0v) is 9.25. The summed E-state index contributed by atoms with van der Waals surface area (Å²) in [7, 11) is 0. The molecule has 0 aromatic rings. The van der Waals surface area contributed by atoms with Gasteiger partial charge in [0.25, 0.3) is 0 Å². The molecular formula is C12H21NO. The molecule has 1 saturated heterocycles. The number of rotatable bonds is 5. The van der Waals surface area contributed by atoms with E-state index in [-0.39, 0.29) is 0 Å². The van der Waals surface area contributed by atoms with E-state index in [0.717, 1.165) is 25.8 Å². The summed E-state index contributed by atoms with van der Waals surface area (Å²) in [5.41, 5.74) is 0. The Labute approximate surface area is 87.4 Å². The fraction of sp³-hybridized carbons (Fsp3) is 0.833. The highest BCUT2D eigenvalue weighted by atomic mass is 16.5. The van der Waals surface area contributed by atoms with Crippen molar-refractivity contribution in [2.45, 2.75) is 57.8 Å². The second-order valence-electron chi connectivity index (χ2n) is 4.03. The largest absolute Gasteiger partial charge is 0.374 e. The molecule has 0 aromatic heterocycles. The molecule has 1 fully saturated rings. The summed E-state index contributed by atoms with van der Waals surface area (Å²) in [5, 5.41) is 3.47. The summed E-state index contributed by atoms with van der Waals surface area (Å²) in [6.07, 6.45) is 10.3. The number of hydrogen-bond donors (Lipinski definition) is 1. The van der Waals surface area contributed by atoms with Gasteiger partial charge in [0.2, 0.25) is 0 Å². The van der Waals surface area contributed by atoms with Gasteiger partial charge in [-0.05, 0) is 32.7 Å². The van der Waals surface area contributed by atoms with Gasteiger partial charge in [0.05, 0.1) is 12.2 Å². The van der Waals surface area contributed by atoms with Crippen LogP contribution in [0.2, 0.25) is 0 Å². The van der Waals surface area contributed by atoms with Crippen LogP contribution in [0.4, 0.5) is 0 Å². The number of nitrogens with one attached hydrogen (secondary N) is 1. The highest BCUT2D eigenvalue weighted by Gasteiger charge is 2.28. The van der Waals surface area contributed by atoms with Crippen molar-refractivity contribution in [2.75, 3.05) is 6.54 Å². The Balaban J connectivity index is 2.37. The van der Waals surface area contributed by atoms with Gasteiger partial charge >= 0.3 is 0 Å².